The number of aliphatic hydroxyl groups excluding tert-OH is 2. The Balaban J connectivity index is 3.68. The normalized spacial score (nSPS) is 11.5. The molecule has 0 radical (unpaired) electrons. The smallest absolute Gasteiger partial charge is 0.0650 e. The molecule has 0 aliphatic rings. The predicted molar refractivity (Wildman–Crippen MR) is 52.5 cm³/mol. The maximum Gasteiger partial charge on any atom is 0.0650 e. The fourth-order valence-electron chi connectivity index (χ4n) is 0.672. The van der Waals surface area contributed by atoms with Gasteiger partial charge in [-0.05, 0) is 13.8 Å². The summed E-state index contributed by atoms with van der Waals surface area (Å²) in [5.74, 6) is 0. The number of aliphatic hydroxyl groups is 2. The van der Waals surface area contributed by atoms with E-state index in [2.05, 4.69) is 0 Å². The third-order valence-electron chi connectivity index (χ3n) is 1.82. The minimum absolute atomic E-state index is 0.0572. The SMILES string of the molecule is CC(C)=CCOCC(C)(CO)CO. The topological polar surface area (TPSA) is 49.7 Å². The molecule has 0 aliphatic carbocycles. The highest BCUT2D eigenvalue weighted by atomic mass is 16.5. The Kier molecular flexibility index (Phi) is 5.95. The van der Waals surface area contributed by atoms with Crippen molar-refractivity contribution in [2.75, 3.05) is 26.4 Å². The van der Waals surface area contributed by atoms with E-state index in [1.54, 1.807) is 6.92 Å². The summed E-state index contributed by atoms with van der Waals surface area (Å²) in [6, 6.07) is 0. The molecule has 0 aromatic heterocycles. The van der Waals surface area contributed by atoms with Crippen LogP contribution in [0.5, 0.6) is 0 Å². The molecule has 0 bridgehead atoms. The molecule has 13 heavy (non-hydrogen) atoms. The third-order valence-corrected chi connectivity index (χ3v) is 1.82. The Morgan fingerprint density at radius 2 is 1.85 bits per heavy atom. The van der Waals surface area contributed by atoms with Crippen LogP contribution in [0.1, 0.15) is 20.8 Å². The van der Waals surface area contributed by atoms with E-state index in [1.807, 2.05) is 19.9 Å². The molecule has 0 heterocycles. The van der Waals surface area contributed by atoms with Crippen molar-refractivity contribution < 1.29 is 14.9 Å². The molecule has 0 aromatic carbocycles. The Morgan fingerprint density at radius 1 is 1.31 bits per heavy atom. The number of hydrogen-bond donors (Lipinski definition) is 2. The highest BCUT2D eigenvalue weighted by Gasteiger charge is 2.22. The van der Waals surface area contributed by atoms with Gasteiger partial charge in [0.25, 0.3) is 0 Å². The Bertz CT molecular complexity index is 156. The van der Waals surface area contributed by atoms with Gasteiger partial charge in [0.2, 0.25) is 0 Å². The van der Waals surface area contributed by atoms with E-state index >= 15 is 0 Å². The maximum atomic E-state index is 8.94. The second kappa shape index (κ2) is 6.13. The van der Waals surface area contributed by atoms with Crippen LogP contribution in [0.25, 0.3) is 0 Å². The van der Waals surface area contributed by atoms with Crippen LogP contribution in [-0.2, 0) is 4.74 Å². The highest BCUT2D eigenvalue weighted by Crippen LogP contribution is 2.14. The van der Waals surface area contributed by atoms with Crippen molar-refractivity contribution in [2.24, 2.45) is 5.41 Å². The van der Waals surface area contributed by atoms with Crippen LogP contribution < -0.4 is 0 Å². The molecule has 0 saturated carbocycles. The van der Waals surface area contributed by atoms with Gasteiger partial charge < -0.3 is 14.9 Å². The van der Waals surface area contributed by atoms with Crippen molar-refractivity contribution in [3.8, 4) is 0 Å². The molecule has 2 N–H and O–H groups in total. The van der Waals surface area contributed by atoms with Crippen molar-refractivity contribution in [3.05, 3.63) is 11.6 Å². The van der Waals surface area contributed by atoms with Crippen LogP contribution in [0, 0.1) is 5.41 Å². The molecule has 0 rings (SSSR count). The van der Waals surface area contributed by atoms with Gasteiger partial charge in [0.15, 0.2) is 0 Å². The number of hydrogen-bond acceptors (Lipinski definition) is 3. The lowest BCUT2D eigenvalue weighted by Crippen LogP contribution is -2.31. The van der Waals surface area contributed by atoms with Crippen LogP contribution in [0.2, 0.25) is 0 Å². The molecular formula is C10H20O3. The quantitative estimate of drug-likeness (QED) is 0.482. The lowest BCUT2D eigenvalue weighted by Gasteiger charge is -2.23. The monoisotopic (exact) mass is 188 g/mol. The molecule has 3 heteroatoms. The van der Waals surface area contributed by atoms with Crippen molar-refractivity contribution in [1.29, 1.82) is 0 Å². The maximum absolute atomic E-state index is 8.94. The summed E-state index contributed by atoms with van der Waals surface area (Å²) < 4.78 is 5.30. The first-order valence-corrected chi connectivity index (χ1v) is 4.47. The predicted octanol–water partition coefficient (Wildman–Crippen LogP) is 0.960. The summed E-state index contributed by atoms with van der Waals surface area (Å²) in [4.78, 5) is 0. The fourth-order valence-corrected chi connectivity index (χ4v) is 0.672. The number of ether oxygens (including phenoxy) is 1. The van der Waals surface area contributed by atoms with E-state index in [0.717, 1.165) is 0 Å². The molecule has 3 nitrogen and oxygen atoms in total. The molecule has 0 spiro atoms. The van der Waals surface area contributed by atoms with Crippen LogP contribution >= 0.6 is 0 Å². The minimum atomic E-state index is -0.518. The van der Waals surface area contributed by atoms with Crippen LogP contribution in [-0.4, -0.2) is 36.6 Å². The standard InChI is InChI=1S/C10H20O3/c1-9(2)4-5-13-8-10(3,6-11)7-12/h4,11-12H,5-8H2,1-3H3. The molecule has 78 valence electrons. The Hall–Kier alpha value is -0.380. The molecule has 0 amide bonds. The largest absolute Gasteiger partial charge is 0.396 e. The zero-order valence-corrected chi connectivity index (χ0v) is 8.71. The van der Waals surface area contributed by atoms with Gasteiger partial charge in [-0.3, -0.25) is 0 Å². The van der Waals surface area contributed by atoms with Crippen LogP contribution in [0.15, 0.2) is 11.6 Å². The molecule has 0 atom stereocenters. The first-order chi connectivity index (χ1) is 6.04. The van der Waals surface area contributed by atoms with Crippen molar-refractivity contribution >= 4 is 0 Å². The van der Waals surface area contributed by atoms with Crippen LogP contribution in [0.3, 0.4) is 0 Å². The summed E-state index contributed by atoms with van der Waals surface area (Å²) >= 11 is 0. The number of allylic oxidation sites excluding steroid dienone is 1. The van der Waals surface area contributed by atoms with E-state index in [0.29, 0.717) is 13.2 Å². The Labute approximate surface area is 80.0 Å². The lowest BCUT2D eigenvalue weighted by atomic mass is 9.95. The van der Waals surface area contributed by atoms with E-state index in [1.165, 1.54) is 5.57 Å². The first kappa shape index (κ1) is 12.6. The fraction of sp³-hybridized carbons (Fsp3) is 0.800. The molecular weight excluding hydrogens is 168 g/mol. The van der Waals surface area contributed by atoms with Crippen LogP contribution in [0.4, 0.5) is 0 Å². The van der Waals surface area contributed by atoms with Gasteiger partial charge in [-0.25, -0.2) is 0 Å². The van der Waals surface area contributed by atoms with E-state index < -0.39 is 5.41 Å². The minimum Gasteiger partial charge on any atom is -0.396 e. The lowest BCUT2D eigenvalue weighted by molar-refractivity contribution is -0.00827. The van der Waals surface area contributed by atoms with Gasteiger partial charge in [-0.1, -0.05) is 18.6 Å². The summed E-state index contributed by atoms with van der Waals surface area (Å²) in [6.07, 6.45) is 1.97. The Morgan fingerprint density at radius 3 is 2.23 bits per heavy atom. The summed E-state index contributed by atoms with van der Waals surface area (Å²) in [6.45, 7) is 6.59. The second-order valence-corrected chi connectivity index (χ2v) is 3.92. The average molecular weight is 188 g/mol. The summed E-state index contributed by atoms with van der Waals surface area (Å²) in [5, 5.41) is 17.9. The van der Waals surface area contributed by atoms with E-state index in [-0.39, 0.29) is 13.2 Å². The molecule has 0 fully saturated rings. The average Bonchev–Trinajstić information content (AvgIpc) is 2.12. The number of rotatable bonds is 6. The van der Waals surface area contributed by atoms with Gasteiger partial charge in [-0.15, -0.1) is 0 Å². The summed E-state index contributed by atoms with van der Waals surface area (Å²) in [7, 11) is 0. The van der Waals surface area contributed by atoms with Crippen molar-refractivity contribution in [1.82, 2.24) is 0 Å². The zero-order chi connectivity index (χ0) is 10.3. The van der Waals surface area contributed by atoms with E-state index in [4.69, 9.17) is 14.9 Å². The molecule has 0 aliphatic heterocycles. The van der Waals surface area contributed by atoms with Gasteiger partial charge in [0, 0.05) is 5.41 Å². The molecule has 0 aromatic rings. The third kappa shape index (κ3) is 5.80. The first-order valence-electron chi connectivity index (χ1n) is 4.47. The van der Waals surface area contributed by atoms with E-state index in [9.17, 15) is 0 Å². The van der Waals surface area contributed by atoms with Crippen molar-refractivity contribution in [3.63, 3.8) is 0 Å². The highest BCUT2D eigenvalue weighted by molar-refractivity contribution is 4.92. The van der Waals surface area contributed by atoms with Gasteiger partial charge in [0.05, 0.1) is 26.4 Å². The van der Waals surface area contributed by atoms with Gasteiger partial charge in [-0.2, -0.15) is 0 Å². The molecule has 0 saturated heterocycles. The van der Waals surface area contributed by atoms with Gasteiger partial charge >= 0.3 is 0 Å². The summed E-state index contributed by atoms with van der Waals surface area (Å²) in [5.41, 5.74) is 0.685. The zero-order valence-electron chi connectivity index (χ0n) is 8.71. The molecule has 0 unspecified atom stereocenters. The van der Waals surface area contributed by atoms with Gasteiger partial charge in [0.1, 0.15) is 0 Å². The van der Waals surface area contributed by atoms with Crippen molar-refractivity contribution in [2.45, 2.75) is 20.8 Å². The second-order valence-electron chi connectivity index (χ2n) is 3.92.